The average molecular weight is 521 g/mol. The van der Waals surface area contributed by atoms with Gasteiger partial charge in [-0.1, -0.05) is 33.8 Å². The zero-order chi connectivity index (χ0) is 27.8. The lowest BCUT2D eigenvalue weighted by Crippen LogP contribution is -2.29. The summed E-state index contributed by atoms with van der Waals surface area (Å²) in [7, 11) is 0. The van der Waals surface area contributed by atoms with Crippen LogP contribution in [0.15, 0.2) is 42.7 Å². The minimum Gasteiger partial charge on any atom is -0.493 e. The SMILES string of the molecule is C/C=C(/C(=O)C1COc2ccc(F)cc2C1)c1cnc(-c2cn[nH]c2CC)cc1C(C)CC.CCC(C)N. The second-order valence-corrected chi connectivity index (χ2v) is 10.00. The van der Waals surface area contributed by atoms with Gasteiger partial charge in [0.2, 0.25) is 0 Å². The highest BCUT2D eigenvalue weighted by Gasteiger charge is 2.30. The van der Waals surface area contributed by atoms with Crippen LogP contribution in [-0.4, -0.2) is 33.6 Å². The minimum absolute atomic E-state index is 0.00377. The largest absolute Gasteiger partial charge is 0.493 e. The van der Waals surface area contributed by atoms with Crippen molar-refractivity contribution >= 4 is 11.4 Å². The molecule has 0 radical (unpaired) electrons. The minimum atomic E-state index is -0.365. The Bertz CT molecular complexity index is 1260. The van der Waals surface area contributed by atoms with E-state index in [1.165, 1.54) is 12.1 Å². The Morgan fingerprint density at radius 1 is 1.21 bits per heavy atom. The highest BCUT2D eigenvalue weighted by molar-refractivity contribution is 6.22. The maximum absolute atomic E-state index is 13.7. The summed E-state index contributed by atoms with van der Waals surface area (Å²) in [6, 6.07) is 6.95. The van der Waals surface area contributed by atoms with Crippen LogP contribution >= 0.6 is 0 Å². The highest BCUT2D eigenvalue weighted by atomic mass is 19.1. The van der Waals surface area contributed by atoms with Crippen LogP contribution < -0.4 is 10.5 Å². The van der Waals surface area contributed by atoms with Crippen molar-refractivity contribution in [3.63, 3.8) is 0 Å². The van der Waals surface area contributed by atoms with Crippen LogP contribution in [0.3, 0.4) is 0 Å². The molecule has 204 valence electrons. The predicted octanol–water partition coefficient (Wildman–Crippen LogP) is 6.65. The normalized spacial score (nSPS) is 16.5. The summed E-state index contributed by atoms with van der Waals surface area (Å²) < 4.78 is 19.5. The number of nitrogens with two attached hydrogens (primary N) is 1. The van der Waals surface area contributed by atoms with Gasteiger partial charge in [0.15, 0.2) is 5.78 Å². The molecule has 3 N–H and O–H groups in total. The Labute approximate surface area is 225 Å². The van der Waals surface area contributed by atoms with Crippen LogP contribution in [0.2, 0.25) is 0 Å². The number of nitrogens with zero attached hydrogens (tertiary/aromatic N) is 2. The molecule has 3 unspecified atom stereocenters. The number of aromatic nitrogens is 3. The number of pyridine rings is 1. The number of ketones is 1. The van der Waals surface area contributed by atoms with Crippen molar-refractivity contribution in [2.24, 2.45) is 11.7 Å². The third-order valence-electron chi connectivity index (χ3n) is 7.21. The topological polar surface area (TPSA) is 93.9 Å². The number of aromatic amines is 1. The molecule has 0 aliphatic carbocycles. The smallest absolute Gasteiger partial charge is 0.170 e. The molecule has 2 aromatic heterocycles. The number of aryl methyl sites for hydroxylation is 1. The molecular formula is C31H41FN4O2. The Balaban J connectivity index is 0.000000732. The number of fused-ring (bicyclic) bond motifs is 1. The van der Waals surface area contributed by atoms with E-state index in [2.05, 4.69) is 44.0 Å². The number of halogens is 1. The summed E-state index contributed by atoms with van der Waals surface area (Å²) in [5.74, 6) is 0.223. The van der Waals surface area contributed by atoms with Gasteiger partial charge in [-0.25, -0.2) is 4.39 Å². The first-order valence-corrected chi connectivity index (χ1v) is 13.6. The molecule has 1 aliphatic rings. The molecule has 1 aliphatic heterocycles. The van der Waals surface area contributed by atoms with Crippen molar-refractivity contribution in [1.29, 1.82) is 0 Å². The lowest BCUT2D eigenvalue weighted by Gasteiger charge is -2.26. The Morgan fingerprint density at radius 3 is 2.58 bits per heavy atom. The fourth-order valence-electron chi connectivity index (χ4n) is 4.46. The van der Waals surface area contributed by atoms with E-state index in [1.807, 2.05) is 26.1 Å². The van der Waals surface area contributed by atoms with Gasteiger partial charge in [0, 0.05) is 34.6 Å². The van der Waals surface area contributed by atoms with Crippen molar-refractivity contribution in [3.8, 4) is 17.0 Å². The van der Waals surface area contributed by atoms with E-state index < -0.39 is 0 Å². The molecule has 0 bridgehead atoms. The van der Waals surface area contributed by atoms with Crippen molar-refractivity contribution in [3.05, 3.63) is 70.9 Å². The van der Waals surface area contributed by atoms with Crippen molar-refractivity contribution in [1.82, 2.24) is 15.2 Å². The lowest BCUT2D eigenvalue weighted by molar-refractivity contribution is -0.118. The van der Waals surface area contributed by atoms with Crippen LogP contribution in [0.1, 0.15) is 82.7 Å². The quantitative estimate of drug-likeness (QED) is 0.324. The number of carbonyl (C=O) groups excluding carboxylic acids is 1. The van der Waals surface area contributed by atoms with Crippen LogP contribution in [0.5, 0.6) is 5.75 Å². The van der Waals surface area contributed by atoms with Crippen LogP contribution in [0.25, 0.3) is 16.8 Å². The van der Waals surface area contributed by atoms with E-state index in [9.17, 15) is 9.18 Å². The van der Waals surface area contributed by atoms with Crippen LogP contribution in [-0.2, 0) is 17.6 Å². The molecule has 0 spiro atoms. The highest BCUT2D eigenvalue weighted by Crippen LogP contribution is 2.35. The van der Waals surface area contributed by atoms with Gasteiger partial charge >= 0.3 is 0 Å². The van der Waals surface area contributed by atoms with Crippen LogP contribution in [0.4, 0.5) is 4.39 Å². The van der Waals surface area contributed by atoms with E-state index in [4.69, 9.17) is 15.5 Å². The third kappa shape index (κ3) is 6.76. The molecule has 7 heteroatoms. The number of carbonyl (C=O) groups is 1. The van der Waals surface area contributed by atoms with E-state index in [0.29, 0.717) is 23.8 Å². The summed E-state index contributed by atoms with van der Waals surface area (Å²) in [6.07, 6.45) is 8.79. The maximum atomic E-state index is 13.7. The third-order valence-corrected chi connectivity index (χ3v) is 7.21. The first-order valence-electron chi connectivity index (χ1n) is 13.6. The molecule has 3 atom stereocenters. The summed E-state index contributed by atoms with van der Waals surface area (Å²) in [5, 5.41) is 7.22. The number of rotatable bonds is 8. The van der Waals surface area contributed by atoms with Gasteiger partial charge < -0.3 is 10.5 Å². The van der Waals surface area contributed by atoms with Gasteiger partial charge in [-0.2, -0.15) is 5.10 Å². The fourth-order valence-corrected chi connectivity index (χ4v) is 4.46. The summed E-state index contributed by atoms with van der Waals surface area (Å²) in [6.45, 7) is 12.6. The zero-order valence-electron chi connectivity index (χ0n) is 23.5. The number of benzene rings is 1. The van der Waals surface area contributed by atoms with Gasteiger partial charge in [-0.15, -0.1) is 0 Å². The van der Waals surface area contributed by atoms with Gasteiger partial charge in [0.25, 0.3) is 0 Å². The van der Waals surface area contributed by atoms with E-state index in [1.54, 1.807) is 12.3 Å². The Morgan fingerprint density at radius 2 is 1.95 bits per heavy atom. The summed E-state index contributed by atoms with van der Waals surface area (Å²) >= 11 is 0. The fraction of sp³-hybridized carbons (Fsp3) is 0.452. The lowest BCUT2D eigenvalue weighted by atomic mass is 9.83. The molecule has 0 saturated heterocycles. The van der Waals surface area contributed by atoms with Crippen LogP contribution in [0, 0.1) is 11.7 Å². The Kier molecular flexibility index (Phi) is 10.4. The second kappa shape index (κ2) is 13.5. The molecule has 1 aromatic carbocycles. The van der Waals surface area contributed by atoms with Gasteiger partial charge in [0.1, 0.15) is 11.6 Å². The molecular weight excluding hydrogens is 479 g/mol. The Hall–Kier alpha value is -3.32. The van der Waals surface area contributed by atoms with E-state index in [-0.39, 0.29) is 30.0 Å². The van der Waals surface area contributed by atoms with E-state index in [0.717, 1.165) is 52.9 Å². The maximum Gasteiger partial charge on any atom is 0.170 e. The molecule has 38 heavy (non-hydrogen) atoms. The second-order valence-electron chi connectivity index (χ2n) is 10.00. The number of allylic oxidation sites excluding steroid dienone is 2. The average Bonchev–Trinajstić information content (AvgIpc) is 3.42. The molecule has 0 amide bonds. The predicted molar refractivity (Wildman–Crippen MR) is 152 cm³/mol. The number of nitrogens with one attached hydrogen (secondary N) is 1. The first kappa shape index (κ1) is 29.2. The van der Waals surface area contributed by atoms with Gasteiger partial charge in [-0.3, -0.25) is 14.9 Å². The summed E-state index contributed by atoms with van der Waals surface area (Å²) in [5.41, 5.74) is 11.5. The summed E-state index contributed by atoms with van der Waals surface area (Å²) in [4.78, 5) is 18.3. The van der Waals surface area contributed by atoms with Crippen molar-refractivity contribution in [2.75, 3.05) is 6.61 Å². The van der Waals surface area contributed by atoms with Gasteiger partial charge in [-0.05, 0) is 80.8 Å². The number of ether oxygens (including phenoxy) is 1. The standard InChI is InChI=1S/C27H30FN3O2.C4H11N/c1-5-16(4)21-12-25(23-14-30-31-24(23)7-3)29-13-22(21)20(6-2)27(32)18-10-17-11-19(28)8-9-26(17)33-15-18;1-3-4(2)5/h6,8-9,11-14,16,18H,5,7,10,15H2,1-4H3,(H,30,31);4H,3,5H2,1-2H3/b20-6+;. The molecule has 3 heterocycles. The van der Waals surface area contributed by atoms with Crippen molar-refractivity contribution < 1.29 is 13.9 Å². The first-order chi connectivity index (χ1) is 18.2. The molecule has 0 fully saturated rings. The van der Waals surface area contributed by atoms with Gasteiger partial charge in [0.05, 0.1) is 24.4 Å². The van der Waals surface area contributed by atoms with Crippen molar-refractivity contribution in [2.45, 2.75) is 79.2 Å². The number of hydrogen-bond donors (Lipinski definition) is 2. The van der Waals surface area contributed by atoms with E-state index >= 15 is 0 Å². The molecule has 6 nitrogen and oxygen atoms in total. The number of H-pyrrole nitrogens is 1. The molecule has 4 rings (SSSR count). The number of Topliss-reactive ketones (excluding diaryl/α,β-unsaturated/α-hetero) is 1. The molecule has 3 aromatic rings. The zero-order valence-corrected chi connectivity index (χ0v) is 23.5. The monoisotopic (exact) mass is 520 g/mol. The molecule has 0 saturated carbocycles. The number of hydrogen-bond acceptors (Lipinski definition) is 5.